The highest BCUT2D eigenvalue weighted by Crippen LogP contribution is 2.45. The van der Waals surface area contributed by atoms with Gasteiger partial charge in [0.25, 0.3) is 11.8 Å². The van der Waals surface area contributed by atoms with Crippen molar-refractivity contribution in [3.05, 3.63) is 71.4 Å². The Kier molecular flexibility index (Phi) is 4.53. The molecule has 2 aromatic heterocycles. The van der Waals surface area contributed by atoms with Gasteiger partial charge in [0.2, 0.25) is 5.89 Å². The molecule has 2 fully saturated rings. The Morgan fingerprint density at radius 2 is 1.55 bits per heavy atom. The summed E-state index contributed by atoms with van der Waals surface area (Å²) in [6, 6.07) is 9.22. The second kappa shape index (κ2) is 7.26. The molecule has 31 heavy (non-hydrogen) atoms. The molecule has 0 N–H and O–H groups in total. The van der Waals surface area contributed by atoms with Crippen molar-refractivity contribution in [2.75, 3.05) is 26.2 Å². The number of amides is 2. The number of hydrogen-bond donors (Lipinski definition) is 0. The van der Waals surface area contributed by atoms with Gasteiger partial charge in [0.15, 0.2) is 5.82 Å². The van der Waals surface area contributed by atoms with E-state index in [2.05, 4.69) is 20.1 Å². The first-order valence-electron chi connectivity index (χ1n) is 10.2. The lowest BCUT2D eigenvalue weighted by Gasteiger charge is -2.26. The van der Waals surface area contributed by atoms with Crippen molar-refractivity contribution in [3.8, 4) is 0 Å². The van der Waals surface area contributed by atoms with Crippen LogP contribution in [0.3, 0.4) is 0 Å². The molecule has 2 aliphatic rings. The molecule has 0 saturated carbocycles. The summed E-state index contributed by atoms with van der Waals surface area (Å²) in [6.45, 7) is 5.36. The fraction of sp³-hybridized carbons (Fsp3) is 0.364. The number of hydrogen-bond acceptors (Lipinski definition) is 7. The topological polar surface area (TPSA) is 105 Å². The minimum atomic E-state index is -0.590. The van der Waals surface area contributed by atoms with E-state index < -0.39 is 5.41 Å². The van der Waals surface area contributed by atoms with Gasteiger partial charge in [0.1, 0.15) is 5.82 Å². The number of likely N-dealkylation sites (tertiary alicyclic amines) is 2. The Bertz CT molecular complexity index is 1130. The number of carbonyl (C=O) groups is 2. The molecular formula is C22H22N6O3. The van der Waals surface area contributed by atoms with E-state index in [9.17, 15) is 9.59 Å². The summed E-state index contributed by atoms with van der Waals surface area (Å²) >= 11 is 0. The maximum Gasteiger partial charge on any atom is 0.257 e. The maximum atomic E-state index is 13.1. The van der Waals surface area contributed by atoms with Crippen molar-refractivity contribution in [2.45, 2.75) is 19.3 Å². The Hall–Kier alpha value is -3.62. The first kappa shape index (κ1) is 19.3. The van der Waals surface area contributed by atoms with E-state index in [1.165, 1.54) is 0 Å². The molecule has 2 aliphatic heterocycles. The molecule has 9 nitrogen and oxygen atoms in total. The predicted octanol–water partition coefficient (Wildman–Crippen LogP) is 1.64. The van der Waals surface area contributed by atoms with Crippen LogP contribution in [0.4, 0.5) is 0 Å². The van der Waals surface area contributed by atoms with Crippen LogP contribution in [-0.4, -0.2) is 67.9 Å². The van der Waals surface area contributed by atoms with Gasteiger partial charge in [-0.2, -0.15) is 4.98 Å². The highest BCUT2D eigenvalue weighted by atomic mass is 16.5. The van der Waals surface area contributed by atoms with E-state index in [0.29, 0.717) is 54.8 Å². The molecule has 1 aromatic carbocycles. The van der Waals surface area contributed by atoms with E-state index in [1.54, 1.807) is 31.1 Å². The molecule has 0 spiro atoms. The zero-order valence-electron chi connectivity index (χ0n) is 17.4. The first-order chi connectivity index (χ1) is 15.0. The number of aryl methyl sites for hydroxylation is 2. The van der Waals surface area contributed by atoms with Crippen LogP contribution in [0.5, 0.6) is 0 Å². The molecule has 0 radical (unpaired) electrons. The quantitative estimate of drug-likeness (QED) is 0.637. The van der Waals surface area contributed by atoms with Crippen molar-refractivity contribution in [1.82, 2.24) is 29.9 Å². The largest absolute Gasteiger partial charge is 0.339 e. The van der Waals surface area contributed by atoms with E-state index >= 15 is 0 Å². The van der Waals surface area contributed by atoms with Crippen molar-refractivity contribution in [2.24, 2.45) is 5.92 Å². The summed E-state index contributed by atoms with van der Waals surface area (Å²) in [5.41, 5.74) is 0.496. The molecule has 2 saturated heterocycles. The third-order valence-corrected chi connectivity index (χ3v) is 6.19. The van der Waals surface area contributed by atoms with E-state index in [-0.39, 0.29) is 17.7 Å². The monoisotopic (exact) mass is 418 g/mol. The fourth-order valence-electron chi connectivity index (χ4n) is 4.63. The third kappa shape index (κ3) is 3.26. The fourth-order valence-corrected chi connectivity index (χ4v) is 4.63. The lowest BCUT2D eigenvalue weighted by Crippen LogP contribution is -2.41. The number of aromatic nitrogens is 4. The molecule has 0 bridgehead atoms. The lowest BCUT2D eigenvalue weighted by atomic mass is 9.81. The van der Waals surface area contributed by atoms with Gasteiger partial charge in [-0.25, -0.2) is 9.97 Å². The van der Waals surface area contributed by atoms with Gasteiger partial charge in [0.05, 0.1) is 11.0 Å². The van der Waals surface area contributed by atoms with Gasteiger partial charge in [-0.05, 0) is 26.0 Å². The molecule has 0 unspecified atom stereocenters. The number of carbonyl (C=O) groups excluding carboxylic acids is 2. The average molecular weight is 418 g/mol. The van der Waals surface area contributed by atoms with Crippen LogP contribution in [0.1, 0.15) is 38.3 Å². The van der Waals surface area contributed by atoms with E-state index in [4.69, 9.17) is 4.52 Å². The van der Waals surface area contributed by atoms with Crippen molar-refractivity contribution in [3.63, 3.8) is 0 Å². The highest BCUT2D eigenvalue weighted by Gasteiger charge is 2.58. The van der Waals surface area contributed by atoms with Gasteiger partial charge in [-0.1, -0.05) is 23.4 Å². The summed E-state index contributed by atoms with van der Waals surface area (Å²) in [5.74, 6) is 1.46. The van der Waals surface area contributed by atoms with Crippen LogP contribution in [0, 0.1) is 19.8 Å². The van der Waals surface area contributed by atoms with Gasteiger partial charge < -0.3 is 14.3 Å². The molecule has 2 atom stereocenters. The number of rotatable bonds is 3. The smallest absolute Gasteiger partial charge is 0.257 e. The first-order valence-corrected chi connectivity index (χ1v) is 10.2. The number of benzene rings is 1. The molecule has 158 valence electrons. The van der Waals surface area contributed by atoms with E-state index in [0.717, 1.165) is 0 Å². The van der Waals surface area contributed by atoms with Gasteiger partial charge >= 0.3 is 0 Å². The molecular weight excluding hydrogens is 396 g/mol. The van der Waals surface area contributed by atoms with Gasteiger partial charge in [-0.15, -0.1) is 0 Å². The van der Waals surface area contributed by atoms with Crippen LogP contribution >= 0.6 is 0 Å². The minimum absolute atomic E-state index is 0.00433. The maximum absolute atomic E-state index is 13.1. The van der Waals surface area contributed by atoms with Crippen molar-refractivity contribution < 1.29 is 14.1 Å². The predicted molar refractivity (Wildman–Crippen MR) is 109 cm³/mol. The number of fused-ring (bicyclic) bond motifs is 1. The standard InChI is InChI=1S/C22H22N6O3/c1-14-23-8-17(9-24-14)20(30)28-11-18-10-27(19(29)16-6-4-3-5-7-16)12-22(18,13-28)21-25-15(2)26-31-21/h3-9,18H,10-13H2,1-2H3/t18-,22-/m1/s1. The normalized spacial score (nSPS) is 22.6. The van der Waals surface area contributed by atoms with Crippen LogP contribution < -0.4 is 0 Å². The van der Waals surface area contributed by atoms with Crippen LogP contribution in [0.2, 0.25) is 0 Å². The molecule has 0 aliphatic carbocycles. The summed E-state index contributed by atoms with van der Waals surface area (Å²) in [6.07, 6.45) is 3.10. The minimum Gasteiger partial charge on any atom is -0.339 e. The summed E-state index contributed by atoms with van der Waals surface area (Å²) in [7, 11) is 0. The Morgan fingerprint density at radius 3 is 2.13 bits per heavy atom. The summed E-state index contributed by atoms with van der Waals surface area (Å²) in [5, 5.41) is 3.97. The van der Waals surface area contributed by atoms with Gasteiger partial charge in [-0.3, -0.25) is 9.59 Å². The van der Waals surface area contributed by atoms with Crippen molar-refractivity contribution >= 4 is 11.8 Å². The zero-order valence-corrected chi connectivity index (χ0v) is 17.4. The molecule has 2 amide bonds. The van der Waals surface area contributed by atoms with Crippen LogP contribution in [-0.2, 0) is 5.41 Å². The summed E-state index contributed by atoms with van der Waals surface area (Å²) < 4.78 is 5.57. The van der Waals surface area contributed by atoms with Crippen LogP contribution in [0.15, 0.2) is 47.2 Å². The zero-order chi connectivity index (χ0) is 21.6. The lowest BCUT2D eigenvalue weighted by molar-refractivity contribution is 0.0727. The second-order valence-electron chi connectivity index (χ2n) is 8.26. The molecule has 9 heteroatoms. The molecule has 5 rings (SSSR count). The average Bonchev–Trinajstić information content (AvgIpc) is 3.46. The SMILES string of the molecule is Cc1ncc(C(=O)N2C[C@H]3CN(C(=O)c4ccccc4)C[C@@]3(c3nc(C)no3)C2)cn1. The summed E-state index contributed by atoms with van der Waals surface area (Å²) in [4.78, 5) is 42.6. The van der Waals surface area contributed by atoms with E-state index in [1.807, 2.05) is 35.2 Å². The Labute approximate surface area is 179 Å². The Morgan fingerprint density at radius 1 is 0.935 bits per heavy atom. The second-order valence-corrected chi connectivity index (χ2v) is 8.26. The highest BCUT2D eigenvalue weighted by molar-refractivity contribution is 5.95. The third-order valence-electron chi connectivity index (χ3n) is 6.19. The van der Waals surface area contributed by atoms with Crippen molar-refractivity contribution in [1.29, 1.82) is 0 Å². The molecule has 3 aromatic rings. The van der Waals surface area contributed by atoms with Crippen LogP contribution in [0.25, 0.3) is 0 Å². The van der Waals surface area contributed by atoms with Gasteiger partial charge in [0, 0.05) is 50.1 Å². The number of nitrogens with zero attached hydrogens (tertiary/aromatic N) is 6. The Balaban J connectivity index is 1.44. The molecule has 4 heterocycles.